The van der Waals surface area contributed by atoms with E-state index in [-0.39, 0.29) is 41.9 Å². The Labute approximate surface area is 209 Å². The van der Waals surface area contributed by atoms with Crippen LogP contribution in [-0.2, 0) is 16.0 Å². The van der Waals surface area contributed by atoms with Crippen molar-refractivity contribution in [2.24, 2.45) is 11.8 Å². The van der Waals surface area contributed by atoms with Crippen molar-refractivity contribution in [2.75, 3.05) is 26.3 Å². The first kappa shape index (κ1) is 22.9. The predicted octanol–water partition coefficient (Wildman–Crippen LogP) is 3.25. The van der Waals surface area contributed by atoms with Crippen molar-refractivity contribution in [1.82, 2.24) is 25.3 Å². The molecule has 2 fully saturated rings. The number of hydrogen-bond donors (Lipinski definition) is 2. The molecule has 2 aliphatic rings. The van der Waals surface area contributed by atoms with E-state index in [4.69, 9.17) is 9.26 Å². The Bertz CT molecular complexity index is 1350. The molecular weight excluding hydrogens is 485 g/mol. The third-order valence-electron chi connectivity index (χ3n) is 6.85. The Hall–Kier alpha value is -3.57. The van der Waals surface area contributed by atoms with Crippen LogP contribution in [0.25, 0.3) is 21.6 Å². The summed E-state index contributed by atoms with van der Waals surface area (Å²) >= 11 is 1.59. The van der Waals surface area contributed by atoms with E-state index in [1.165, 1.54) is 12.1 Å². The summed E-state index contributed by atoms with van der Waals surface area (Å²) in [5.41, 5.74) is 2.16. The van der Waals surface area contributed by atoms with Gasteiger partial charge in [-0.05, 0) is 41.8 Å². The number of nitrogens with one attached hydrogen (secondary N) is 2. The Morgan fingerprint density at radius 3 is 2.69 bits per heavy atom. The van der Waals surface area contributed by atoms with Crippen LogP contribution >= 0.6 is 11.3 Å². The highest BCUT2D eigenvalue weighted by molar-refractivity contribution is 7.17. The molecular formula is C25H24FN5O4S. The zero-order valence-corrected chi connectivity index (χ0v) is 20.1. The van der Waals surface area contributed by atoms with Crippen LogP contribution in [0.4, 0.5) is 4.39 Å². The van der Waals surface area contributed by atoms with Crippen molar-refractivity contribution in [3.05, 3.63) is 59.2 Å². The van der Waals surface area contributed by atoms with E-state index < -0.39 is 0 Å². The van der Waals surface area contributed by atoms with E-state index in [0.717, 1.165) is 10.2 Å². The van der Waals surface area contributed by atoms with E-state index in [2.05, 4.69) is 20.4 Å². The number of H-pyrrole nitrogens is 1. The maximum Gasteiger partial charge on any atom is 0.268 e. The molecule has 2 aliphatic heterocycles. The molecule has 2 unspecified atom stereocenters. The van der Waals surface area contributed by atoms with Gasteiger partial charge >= 0.3 is 0 Å². The molecule has 4 aromatic rings. The van der Waals surface area contributed by atoms with Gasteiger partial charge in [0.05, 0.1) is 23.4 Å². The zero-order chi connectivity index (χ0) is 24.6. The third kappa shape index (κ3) is 4.51. The minimum absolute atomic E-state index is 0.00261. The Morgan fingerprint density at radius 1 is 1.17 bits per heavy atom. The first-order valence-electron chi connectivity index (χ1n) is 11.8. The second-order valence-electron chi connectivity index (χ2n) is 9.26. The number of carbonyl (C=O) groups is 2. The highest BCUT2D eigenvalue weighted by Gasteiger charge is 2.42. The van der Waals surface area contributed by atoms with Crippen molar-refractivity contribution in [1.29, 1.82) is 0 Å². The van der Waals surface area contributed by atoms with Crippen molar-refractivity contribution in [3.8, 4) is 11.4 Å². The van der Waals surface area contributed by atoms with Crippen LogP contribution in [0.15, 0.2) is 46.3 Å². The van der Waals surface area contributed by atoms with E-state index in [9.17, 15) is 14.0 Å². The average Bonchev–Trinajstić information content (AvgIpc) is 3.59. The number of halogens is 1. The minimum Gasteiger partial charge on any atom is -0.381 e. The van der Waals surface area contributed by atoms with Gasteiger partial charge in [0.1, 0.15) is 11.5 Å². The topological polar surface area (TPSA) is 113 Å². The maximum atomic E-state index is 13.1. The van der Waals surface area contributed by atoms with Gasteiger partial charge in [0.25, 0.3) is 5.91 Å². The number of likely N-dealkylation sites (tertiary alicyclic amines) is 1. The number of hydrogen-bond acceptors (Lipinski definition) is 7. The molecule has 11 heteroatoms. The molecule has 2 bridgehead atoms. The fourth-order valence-electron chi connectivity index (χ4n) is 5.02. The molecule has 5 heterocycles. The summed E-state index contributed by atoms with van der Waals surface area (Å²) in [6.07, 6.45) is 0.557. The second-order valence-corrected chi connectivity index (χ2v) is 10.2. The van der Waals surface area contributed by atoms with Gasteiger partial charge in [-0.2, -0.15) is 4.98 Å². The van der Waals surface area contributed by atoms with Gasteiger partial charge in [-0.25, -0.2) is 4.39 Å². The summed E-state index contributed by atoms with van der Waals surface area (Å²) in [4.78, 5) is 35.3. The number of rotatable bonds is 6. The average molecular weight is 510 g/mol. The number of aryl methyl sites for hydroxylation is 1. The van der Waals surface area contributed by atoms with E-state index in [0.29, 0.717) is 55.7 Å². The molecule has 6 rings (SSSR count). The van der Waals surface area contributed by atoms with E-state index >= 15 is 0 Å². The highest BCUT2D eigenvalue weighted by Crippen LogP contribution is 2.29. The van der Waals surface area contributed by atoms with Crippen LogP contribution in [0.3, 0.4) is 0 Å². The Balaban J connectivity index is 1.06. The van der Waals surface area contributed by atoms with Gasteiger partial charge in [-0.15, -0.1) is 11.3 Å². The highest BCUT2D eigenvalue weighted by atomic mass is 32.1. The SMILES string of the molecule is O=C(NC1C2COC[C@H]1CN(C(=O)CCc1nc(-c3ccc(F)cc3)no1)C2)c1cc2sccc2[nH]1. The third-order valence-corrected chi connectivity index (χ3v) is 7.71. The number of piperidine rings is 1. The standard InChI is InChI=1S/C25H24FN5O4S/c26-17-3-1-14(2-4-17)24-28-21(35-30-24)5-6-22(32)31-10-15-12-34-13-16(11-31)23(15)29-25(33)19-9-20-18(27-19)7-8-36-20/h1-4,7-9,15-16,23,27H,5-6,10-13H2,(H,29,33)/t15-,16?,23?/m1/s1. The van der Waals surface area contributed by atoms with Crippen LogP contribution in [0.1, 0.15) is 22.8 Å². The molecule has 0 radical (unpaired) electrons. The van der Waals surface area contributed by atoms with Gasteiger partial charge in [0, 0.05) is 49.4 Å². The summed E-state index contributed by atoms with van der Waals surface area (Å²) in [6.45, 7) is 2.03. The van der Waals surface area contributed by atoms with E-state index in [1.54, 1.807) is 23.5 Å². The normalized spacial score (nSPS) is 21.6. The van der Waals surface area contributed by atoms with Gasteiger partial charge in [-0.3, -0.25) is 9.59 Å². The summed E-state index contributed by atoms with van der Waals surface area (Å²) in [7, 11) is 0. The van der Waals surface area contributed by atoms with Crippen LogP contribution < -0.4 is 5.32 Å². The second kappa shape index (κ2) is 9.47. The molecule has 3 aromatic heterocycles. The van der Waals surface area contributed by atoms with E-state index in [1.807, 2.05) is 22.4 Å². The number of benzene rings is 1. The maximum absolute atomic E-state index is 13.1. The summed E-state index contributed by atoms with van der Waals surface area (Å²) in [5.74, 6) is 0.304. The fraction of sp³-hybridized carbons (Fsp3) is 0.360. The lowest BCUT2D eigenvalue weighted by atomic mass is 9.82. The van der Waals surface area contributed by atoms with Crippen LogP contribution in [0.5, 0.6) is 0 Å². The molecule has 3 atom stereocenters. The van der Waals surface area contributed by atoms with Crippen LogP contribution in [-0.4, -0.2) is 64.2 Å². The molecule has 0 saturated carbocycles. The number of ether oxygens (including phenoxy) is 1. The predicted molar refractivity (Wildman–Crippen MR) is 130 cm³/mol. The number of aromatic amines is 1. The number of amides is 2. The van der Waals surface area contributed by atoms with Crippen molar-refractivity contribution >= 4 is 33.4 Å². The number of fused-ring (bicyclic) bond motifs is 3. The molecule has 2 amide bonds. The first-order chi connectivity index (χ1) is 17.5. The lowest BCUT2D eigenvalue weighted by Gasteiger charge is -2.47. The molecule has 0 spiro atoms. The van der Waals surface area contributed by atoms with Crippen LogP contribution in [0.2, 0.25) is 0 Å². The minimum atomic E-state index is -0.337. The number of thiophene rings is 1. The molecule has 2 N–H and O–H groups in total. The van der Waals surface area contributed by atoms with Crippen molar-refractivity contribution < 1.29 is 23.2 Å². The molecule has 186 valence electrons. The summed E-state index contributed by atoms with van der Waals surface area (Å²) < 4.78 is 25.2. The monoisotopic (exact) mass is 509 g/mol. The number of nitrogens with zero attached hydrogens (tertiary/aromatic N) is 3. The largest absolute Gasteiger partial charge is 0.381 e. The van der Waals surface area contributed by atoms with Gasteiger partial charge in [0.15, 0.2) is 0 Å². The lowest BCUT2D eigenvalue weighted by molar-refractivity contribution is -0.140. The van der Waals surface area contributed by atoms with Crippen molar-refractivity contribution in [2.45, 2.75) is 18.9 Å². The first-order valence-corrected chi connectivity index (χ1v) is 12.7. The summed E-state index contributed by atoms with van der Waals surface area (Å²) in [5, 5.41) is 9.11. The van der Waals surface area contributed by atoms with Gasteiger partial charge < -0.3 is 24.5 Å². The zero-order valence-electron chi connectivity index (χ0n) is 19.3. The molecule has 1 aromatic carbocycles. The summed E-state index contributed by atoms with van der Waals surface area (Å²) in [6, 6.07) is 9.62. The number of aromatic nitrogens is 3. The molecule has 36 heavy (non-hydrogen) atoms. The Kier molecular flexibility index (Phi) is 6.02. The molecule has 0 aliphatic carbocycles. The van der Waals surface area contributed by atoms with Crippen LogP contribution in [0, 0.1) is 17.7 Å². The molecule has 2 saturated heterocycles. The Morgan fingerprint density at radius 2 is 1.94 bits per heavy atom. The lowest BCUT2D eigenvalue weighted by Crippen LogP contribution is -2.62. The van der Waals surface area contributed by atoms with Crippen molar-refractivity contribution in [3.63, 3.8) is 0 Å². The fourth-order valence-corrected chi connectivity index (χ4v) is 5.80. The quantitative estimate of drug-likeness (QED) is 0.413. The number of carbonyl (C=O) groups excluding carboxylic acids is 2. The molecule has 9 nitrogen and oxygen atoms in total. The van der Waals surface area contributed by atoms with Gasteiger partial charge in [0.2, 0.25) is 17.6 Å². The van der Waals surface area contributed by atoms with Gasteiger partial charge in [-0.1, -0.05) is 5.16 Å². The smallest absolute Gasteiger partial charge is 0.268 e.